The molecule has 0 bridgehead atoms. The van der Waals surface area contributed by atoms with Gasteiger partial charge in [0.15, 0.2) is 0 Å². The molecule has 1 rings (SSSR count). The first kappa shape index (κ1) is 16.5. The molecule has 0 atom stereocenters. The lowest BCUT2D eigenvalue weighted by Gasteiger charge is -2.03. The van der Waals surface area contributed by atoms with Gasteiger partial charge in [-0.1, -0.05) is 48.0 Å². The van der Waals surface area contributed by atoms with E-state index in [2.05, 4.69) is 21.0 Å². The third kappa shape index (κ3) is 6.99. The molecule has 2 nitrogen and oxygen atoms in total. The van der Waals surface area contributed by atoms with Crippen LogP contribution in [0.25, 0.3) is 0 Å². The van der Waals surface area contributed by atoms with Crippen molar-refractivity contribution in [2.75, 3.05) is 5.33 Å². The van der Waals surface area contributed by atoms with Crippen LogP contribution in [0.4, 0.5) is 13.2 Å². The molecule has 0 aliphatic rings. The van der Waals surface area contributed by atoms with Crippen molar-refractivity contribution in [3.05, 3.63) is 18.0 Å². The van der Waals surface area contributed by atoms with E-state index in [-0.39, 0.29) is 0 Å². The average molecular weight is 341 g/mol. The van der Waals surface area contributed by atoms with E-state index in [0.29, 0.717) is 6.54 Å². The van der Waals surface area contributed by atoms with Gasteiger partial charge in [0.1, 0.15) is 0 Å². The molecule has 0 radical (unpaired) electrons. The van der Waals surface area contributed by atoms with E-state index in [9.17, 15) is 13.2 Å². The molecule has 0 fully saturated rings. The van der Waals surface area contributed by atoms with Crippen LogP contribution in [-0.2, 0) is 12.7 Å². The highest BCUT2D eigenvalue weighted by molar-refractivity contribution is 9.09. The number of nitrogens with zero attached hydrogens (tertiary/aromatic N) is 2. The fourth-order valence-electron chi connectivity index (χ4n) is 1.88. The minimum atomic E-state index is -4.28. The molecule has 1 heterocycles. The summed E-state index contributed by atoms with van der Waals surface area (Å²) in [7, 11) is 0. The van der Waals surface area contributed by atoms with Crippen LogP contribution < -0.4 is 0 Å². The molecule has 0 N–H and O–H groups in total. The SMILES string of the molecule is FC(F)(F)c1cnn(CCCCCCCCCBr)c1. The van der Waals surface area contributed by atoms with E-state index in [1.807, 2.05) is 0 Å². The Hall–Kier alpha value is -0.520. The lowest BCUT2D eigenvalue weighted by Crippen LogP contribution is -2.03. The zero-order chi connectivity index (χ0) is 14.1. The van der Waals surface area contributed by atoms with E-state index in [0.717, 1.165) is 37.0 Å². The van der Waals surface area contributed by atoms with Gasteiger partial charge in [0.25, 0.3) is 0 Å². The van der Waals surface area contributed by atoms with Gasteiger partial charge in [0.05, 0.1) is 11.8 Å². The predicted molar refractivity (Wildman–Crippen MR) is 73.3 cm³/mol. The van der Waals surface area contributed by atoms with Gasteiger partial charge in [-0.3, -0.25) is 4.68 Å². The standard InChI is InChI=1S/C13H20BrF3N2/c14-8-6-4-2-1-3-5-7-9-19-11-12(10-18-19)13(15,16)17/h10-11H,1-9H2. The molecular formula is C13H20BrF3N2. The molecule has 110 valence electrons. The van der Waals surface area contributed by atoms with Gasteiger partial charge in [-0.15, -0.1) is 0 Å². The summed E-state index contributed by atoms with van der Waals surface area (Å²) in [6.45, 7) is 0.567. The maximum atomic E-state index is 12.3. The highest BCUT2D eigenvalue weighted by Crippen LogP contribution is 2.28. The number of alkyl halides is 4. The summed E-state index contributed by atoms with van der Waals surface area (Å²) in [5.41, 5.74) is -0.665. The van der Waals surface area contributed by atoms with E-state index in [1.54, 1.807) is 0 Å². The first-order chi connectivity index (χ1) is 9.04. The van der Waals surface area contributed by atoms with Gasteiger partial charge in [0.2, 0.25) is 0 Å². The van der Waals surface area contributed by atoms with Gasteiger partial charge in [0, 0.05) is 18.1 Å². The van der Waals surface area contributed by atoms with Gasteiger partial charge >= 0.3 is 6.18 Å². The molecule has 0 amide bonds. The van der Waals surface area contributed by atoms with E-state index in [4.69, 9.17) is 0 Å². The van der Waals surface area contributed by atoms with Crippen molar-refractivity contribution in [3.8, 4) is 0 Å². The van der Waals surface area contributed by atoms with Crippen LogP contribution in [-0.4, -0.2) is 15.1 Å². The van der Waals surface area contributed by atoms with Crippen LogP contribution in [0.1, 0.15) is 50.5 Å². The van der Waals surface area contributed by atoms with Gasteiger partial charge in [-0.2, -0.15) is 18.3 Å². The Labute approximate surface area is 120 Å². The molecule has 0 aliphatic carbocycles. The Morgan fingerprint density at radius 3 is 2.11 bits per heavy atom. The largest absolute Gasteiger partial charge is 0.419 e. The number of hydrogen-bond acceptors (Lipinski definition) is 1. The molecule has 19 heavy (non-hydrogen) atoms. The molecular weight excluding hydrogens is 321 g/mol. The second-order valence-corrected chi connectivity index (χ2v) is 5.45. The molecule has 6 heteroatoms. The maximum absolute atomic E-state index is 12.3. The molecule has 0 saturated carbocycles. The molecule has 0 spiro atoms. The van der Waals surface area contributed by atoms with Crippen LogP contribution in [0, 0.1) is 0 Å². The lowest BCUT2D eigenvalue weighted by atomic mass is 10.1. The summed E-state index contributed by atoms with van der Waals surface area (Å²) in [6.07, 6.45) is 5.69. The first-order valence-electron chi connectivity index (χ1n) is 6.69. The zero-order valence-electron chi connectivity index (χ0n) is 10.9. The third-order valence-corrected chi connectivity index (χ3v) is 3.54. The van der Waals surface area contributed by atoms with Gasteiger partial charge in [-0.25, -0.2) is 0 Å². The van der Waals surface area contributed by atoms with E-state index < -0.39 is 11.7 Å². The first-order valence-corrected chi connectivity index (χ1v) is 7.82. The number of rotatable bonds is 9. The van der Waals surface area contributed by atoms with Crippen molar-refractivity contribution in [2.45, 2.75) is 57.7 Å². The van der Waals surface area contributed by atoms with Crippen molar-refractivity contribution in [1.82, 2.24) is 9.78 Å². The Morgan fingerprint density at radius 2 is 1.58 bits per heavy atom. The molecule has 0 unspecified atom stereocenters. The minimum Gasteiger partial charge on any atom is -0.272 e. The van der Waals surface area contributed by atoms with Crippen LogP contribution in [0.2, 0.25) is 0 Å². The second kappa shape index (κ2) is 8.61. The molecule has 0 aliphatic heterocycles. The molecule has 1 aromatic rings. The van der Waals surface area contributed by atoms with Crippen molar-refractivity contribution in [1.29, 1.82) is 0 Å². The number of halogens is 4. The Bertz CT molecular complexity index is 350. The van der Waals surface area contributed by atoms with Crippen molar-refractivity contribution >= 4 is 15.9 Å². The zero-order valence-corrected chi connectivity index (χ0v) is 12.5. The van der Waals surface area contributed by atoms with E-state index in [1.165, 1.54) is 30.4 Å². The fraction of sp³-hybridized carbons (Fsp3) is 0.769. The number of aryl methyl sites for hydroxylation is 1. The highest BCUT2D eigenvalue weighted by atomic mass is 79.9. The van der Waals surface area contributed by atoms with Crippen molar-refractivity contribution in [3.63, 3.8) is 0 Å². The number of aromatic nitrogens is 2. The Morgan fingerprint density at radius 1 is 1.00 bits per heavy atom. The maximum Gasteiger partial charge on any atom is 0.419 e. The van der Waals surface area contributed by atoms with Crippen LogP contribution in [0.3, 0.4) is 0 Å². The predicted octanol–water partition coefficient (Wildman–Crippen LogP) is 5.03. The number of hydrogen-bond donors (Lipinski definition) is 0. The number of unbranched alkanes of at least 4 members (excludes halogenated alkanes) is 6. The fourth-order valence-corrected chi connectivity index (χ4v) is 2.28. The minimum absolute atomic E-state index is 0.567. The molecule has 1 aromatic heterocycles. The van der Waals surface area contributed by atoms with Crippen molar-refractivity contribution < 1.29 is 13.2 Å². The van der Waals surface area contributed by atoms with Crippen LogP contribution in [0.15, 0.2) is 12.4 Å². The molecule has 0 aromatic carbocycles. The topological polar surface area (TPSA) is 17.8 Å². The lowest BCUT2D eigenvalue weighted by molar-refractivity contribution is -0.137. The summed E-state index contributed by atoms with van der Waals surface area (Å²) in [6, 6.07) is 0. The Balaban J connectivity index is 2.08. The Kier molecular flexibility index (Phi) is 7.49. The summed E-state index contributed by atoms with van der Waals surface area (Å²) < 4.78 is 38.4. The average Bonchev–Trinajstić information content (AvgIpc) is 2.81. The van der Waals surface area contributed by atoms with Gasteiger partial charge in [-0.05, 0) is 12.8 Å². The summed E-state index contributed by atoms with van der Waals surface area (Å²) in [5, 5.41) is 4.80. The summed E-state index contributed by atoms with van der Waals surface area (Å²) in [4.78, 5) is 0. The second-order valence-electron chi connectivity index (χ2n) is 4.65. The van der Waals surface area contributed by atoms with Crippen LogP contribution in [0.5, 0.6) is 0 Å². The molecule has 0 saturated heterocycles. The smallest absolute Gasteiger partial charge is 0.272 e. The van der Waals surface area contributed by atoms with Crippen LogP contribution >= 0.6 is 15.9 Å². The highest BCUT2D eigenvalue weighted by Gasteiger charge is 2.31. The van der Waals surface area contributed by atoms with E-state index >= 15 is 0 Å². The van der Waals surface area contributed by atoms with Crippen molar-refractivity contribution in [2.24, 2.45) is 0 Å². The third-order valence-electron chi connectivity index (χ3n) is 2.98. The summed E-state index contributed by atoms with van der Waals surface area (Å²) in [5.74, 6) is 0. The quantitative estimate of drug-likeness (QED) is 0.455. The monoisotopic (exact) mass is 340 g/mol. The summed E-state index contributed by atoms with van der Waals surface area (Å²) >= 11 is 3.40. The normalized spacial score (nSPS) is 12.0. The van der Waals surface area contributed by atoms with Gasteiger partial charge < -0.3 is 0 Å².